The van der Waals surface area contributed by atoms with Crippen LogP contribution in [0.5, 0.6) is 11.5 Å². The molecule has 0 fully saturated rings. The summed E-state index contributed by atoms with van der Waals surface area (Å²) in [6.07, 6.45) is 1.73. The highest BCUT2D eigenvalue weighted by molar-refractivity contribution is 5.93. The number of nitrogens with one attached hydrogen (secondary N) is 1. The molecule has 0 heterocycles. The van der Waals surface area contributed by atoms with Crippen LogP contribution in [0.2, 0.25) is 0 Å². The molecule has 0 atom stereocenters. The highest BCUT2D eigenvalue weighted by Gasteiger charge is 2.10. The van der Waals surface area contributed by atoms with Gasteiger partial charge in [-0.3, -0.25) is 4.79 Å². The number of methoxy groups -OCH3 is 2. The van der Waals surface area contributed by atoms with E-state index in [-0.39, 0.29) is 11.5 Å². The molecule has 138 valence electrons. The van der Waals surface area contributed by atoms with Crippen LogP contribution >= 0.6 is 0 Å². The first-order chi connectivity index (χ1) is 12.4. The molecule has 1 amide bonds. The van der Waals surface area contributed by atoms with Gasteiger partial charge in [-0.1, -0.05) is 6.07 Å². The van der Waals surface area contributed by atoms with Crippen LogP contribution in [0, 0.1) is 6.92 Å². The zero-order valence-corrected chi connectivity index (χ0v) is 15.2. The van der Waals surface area contributed by atoms with E-state index in [4.69, 9.17) is 14.6 Å². The number of carbonyl (C=O) groups is 2. The zero-order valence-electron chi connectivity index (χ0n) is 15.2. The van der Waals surface area contributed by atoms with Crippen molar-refractivity contribution in [1.82, 2.24) is 0 Å². The van der Waals surface area contributed by atoms with E-state index >= 15 is 0 Å². The number of amides is 1. The van der Waals surface area contributed by atoms with Crippen LogP contribution in [0.15, 0.2) is 36.4 Å². The predicted octanol–water partition coefficient (Wildman–Crippen LogP) is 3.67. The Kier molecular flexibility index (Phi) is 6.60. The van der Waals surface area contributed by atoms with Crippen molar-refractivity contribution in [3.63, 3.8) is 0 Å². The molecule has 26 heavy (non-hydrogen) atoms. The number of ether oxygens (including phenoxy) is 2. The molecule has 0 aliphatic heterocycles. The van der Waals surface area contributed by atoms with Gasteiger partial charge in [0.25, 0.3) is 0 Å². The van der Waals surface area contributed by atoms with Crippen LogP contribution in [0.1, 0.15) is 34.3 Å². The van der Waals surface area contributed by atoms with Crippen LogP contribution < -0.4 is 14.8 Å². The Hall–Kier alpha value is -3.02. The van der Waals surface area contributed by atoms with Gasteiger partial charge in [0.2, 0.25) is 5.91 Å². The molecule has 6 nitrogen and oxygen atoms in total. The van der Waals surface area contributed by atoms with E-state index in [1.165, 1.54) is 6.07 Å². The predicted molar refractivity (Wildman–Crippen MR) is 99.3 cm³/mol. The molecule has 2 N–H and O–H groups in total. The van der Waals surface area contributed by atoms with Crippen molar-refractivity contribution in [2.24, 2.45) is 0 Å². The maximum Gasteiger partial charge on any atom is 0.335 e. The molecule has 0 aliphatic rings. The van der Waals surface area contributed by atoms with E-state index in [9.17, 15) is 9.59 Å². The Labute approximate surface area is 152 Å². The topological polar surface area (TPSA) is 84.9 Å². The Morgan fingerprint density at radius 1 is 1.08 bits per heavy atom. The number of hydrogen-bond acceptors (Lipinski definition) is 4. The first-order valence-electron chi connectivity index (χ1n) is 8.29. The van der Waals surface area contributed by atoms with Gasteiger partial charge >= 0.3 is 5.97 Å². The molecular weight excluding hydrogens is 334 g/mol. The summed E-state index contributed by atoms with van der Waals surface area (Å²) in [7, 11) is 3.21. The smallest absolute Gasteiger partial charge is 0.335 e. The van der Waals surface area contributed by atoms with Crippen LogP contribution in [0.3, 0.4) is 0 Å². The van der Waals surface area contributed by atoms with Crippen molar-refractivity contribution in [3.05, 3.63) is 53.1 Å². The number of aryl methyl sites for hydroxylation is 2. The highest BCUT2D eigenvalue weighted by atomic mass is 16.5. The van der Waals surface area contributed by atoms with Crippen molar-refractivity contribution in [2.75, 3.05) is 19.5 Å². The summed E-state index contributed by atoms with van der Waals surface area (Å²) < 4.78 is 10.5. The van der Waals surface area contributed by atoms with E-state index in [1.54, 1.807) is 33.3 Å². The molecule has 0 aromatic heterocycles. The van der Waals surface area contributed by atoms with E-state index in [0.717, 1.165) is 17.1 Å². The first kappa shape index (κ1) is 19.3. The van der Waals surface area contributed by atoms with Gasteiger partial charge in [0.1, 0.15) is 11.5 Å². The molecule has 2 rings (SSSR count). The summed E-state index contributed by atoms with van der Waals surface area (Å²) in [4.78, 5) is 23.1. The number of benzene rings is 2. The van der Waals surface area contributed by atoms with Crippen LogP contribution in [0.4, 0.5) is 5.69 Å². The SMILES string of the molecule is COc1ccc(CCCC(=O)Nc2ccc(C(=O)O)c(C)c2)c(OC)c1. The largest absolute Gasteiger partial charge is 0.497 e. The monoisotopic (exact) mass is 357 g/mol. The standard InChI is InChI=1S/C20H23NO5/c1-13-11-15(8-10-17(13)20(23)24)21-19(22)6-4-5-14-7-9-16(25-2)12-18(14)26-3/h7-12H,4-6H2,1-3H3,(H,21,22)(H,23,24). The van der Waals surface area contributed by atoms with Crippen molar-refractivity contribution in [2.45, 2.75) is 26.2 Å². The van der Waals surface area contributed by atoms with Crippen molar-refractivity contribution >= 4 is 17.6 Å². The number of carboxylic acid groups (broad SMARTS) is 1. The van der Waals surface area contributed by atoms with Gasteiger partial charge < -0.3 is 19.9 Å². The van der Waals surface area contributed by atoms with Crippen molar-refractivity contribution in [3.8, 4) is 11.5 Å². The molecule has 0 saturated heterocycles. The number of anilines is 1. The molecule has 0 aliphatic carbocycles. The lowest BCUT2D eigenvalue weighted by Crippen LogP contribution is -2.12. The maximum absolute atomic E-state index is 12.1. The third kappa shape index (κ3) is 4.99. The number of aromatic carboxylic acids is 1. The third-order valence-corrected chi connectivity index (χ3v) is 4.08. The van der Waals surface area contributed by atoms with Gasteiger partial charge in [0.05, 0.1) is 19.8 Å². The second kappa shape index (κ2) is 8.89. The molecule has 2 aromatic carbocycles. The number of hydrogen-bond donors (Lipinski definition) is 2. The lowest BCUT2D eigenvalue weighted by molar-refractivity contribution is -0.116. The van der Waals surface area contributed by atoms with Crippen molar-refractivity contribution < 1.29 is 24.2 Å². The molecule has 2 aromatic rings. The summed E-state index contributed by atoms with van der Waals surface area (Å²) in [5.41, 5.74) is 2.45. The Morgan fingerprint density at radius 3 is 2.46 bits per heavy atom. The van der Waals surface area contributed by atoms with E-state index in [2.05, 4.69) is 5.32 Å². The lowest BCUT2D eigenvalue weighted by atomic mass is 10.1. The van der Waals surface area contributed by atoms with Gasteiger partial charge in [-0.15, -0.1) is 0 Å². The lowest BCUT2D eigenvalue weighted by Gasteiger charge is -2.11. The fourth-order valence-electron chi connectivity index (χ4n) is 2.70. The van der Waals surface area contributed by atoms with Crippen LogP contribution in [0.25, 0.3) is 0 Å². The van der Waals surface area contributed by atoms with Crippen molar-refractivity contribution in [1.29, 1.82) is 0 Å². The number of carbonyl (C=O) groups excluding carboxylic acids is 1. The summed E-state index contributed by atoms with van der Waals surface area (Å²) in [6.45, 7) is 1.70. The molecule has 0 spiro atoms. The first-order valence-corrected chi connectivity index (χ1v) is 8.29. The molecule has 6 heteroatoms. The molecule has 0 radical (unpaired) electrons. The molecular formula is C20H23NO5. The Morgan fingerprint density at radius 2 is 1.85 bits per heavy atom. The van der Waals surface area contributed by atoms with E-state index in [1.807, 2.05) is 18.2 Å². The quantitative estimate of drug-likeness (QED) is 0.753. The number of rotatable bonds is 8. The normalized spacial score (nSPS) is 10.3. The molecule has 0 bridgehead atoms. The number of carboxylic acids is 1. The zero-order chi connectivity index (χ0) is 19.1. The second-order valence-electron chi connectivity index (χ2n) is 5.91. The van der Waals surface area contributed by atoms with Crippen LogP contribution in [-0.2, 0) is 11.2 Å². The minimum absolute atomic E-state index is 0.111. The maximum atomic E-state index is 12.1. The summed E-state index contributed by atoms with van der Waals surface area (Å²) in [5, 5.41) is 11.8. The highest BCUT2D eigenvalue weighted by Crippen LogP contribution is 2.26. The van der Waals surface area contributed by atoms with Gasteiger partial charge in [-0.05, 0) is 55.2 Å². The third-order valence-electron chi connectivity index (χ3n) is 4.08. The summed E-state index contributed by atoms with van der Waals surface area (Å²) in [5.74, 6) is 0.377. The molecule has 0 unspecified atom stereocenters. The van der Waals surface area contributed by atoms with E-state index in [0.29, 0.717) is 30.5 Å². The average molecular weight is 357 g/mol. The minimum Gasteiger partial charge on any atom is -0.497 e. The molecule has 0 saturated carbocycles. The van der Waals surface area contributed by atoms with Gasteiger partial charge in [-0.2, -0.15) is 0 Å². The second-order valence-corrected chi connectivity index (χ2v) is 5.91. The summed E-state index contributed by atoms with van der Waals surface area (Å²) in [6, 6.07) is 10.4. The Bertz CT molecular complexity index is 801. The van der Waals surface area contributed by atoms with Gasteiger partial charge in [-0.25, -0.2) is 4.79 Å². The Balaban J connectivity index is 1.89. The van der Waals surface area contributed by atoms with Gasteiger partial charge in [0, 0.05) is 18.2 Å². The fraction of sp³-hybridized carbons (Fsp3) is 0.300. The van der Waals surface area contributed by atoms with Gasteiger partial charge in [0.15, 0.2) is 0 Å². The van der Waals surface area contributed by atoms with Crippen LogP contribution in [-0.4, -0.2) is 31.2 Å². The van der Waals surface area contributed by atoms with E-state index < -0.39 is 5.97 Å². The fourth-order valence-corrected chi connectivity index (χ4v) is 2.70. The average Bonchev–Trinajstić information content (AvgIpc) is 2.61. The minimum atomic E-state index is -0.978. The summed E-state index contributed by atoms with van der Waals surface area (Å²) >= 11 is 0.